The van der Waals surface area contributed by atoms with Crippen LogP contribution in [0.2, 0.25) is 0 Å². The first kappa shape index (κ1) is 24.4. The summed E-state index contributed by atoms with van der Waals surface area (Å²) >= 11 is 0. The molecule has 0 bridgehead atoms. The first-order chi connectivity index (χ1) is 15.8. The predicted molar refractivity (Wildman–Crippen MR) is 118 cm³/mol. The lowest BCUT2D eigenvalue weighted by atomic mass is 9.98. The van der Waals surface area contributed by atoms with Gasteiger partial charge in [0.15, 0.2) is 12.4 Å². The van der Waals surface area contributed by atoms with Crippen molar-refractivity contribution < 1.29 is 37.0 Å². The van der Waals surface area contributed by atoms with Crippen molar-refractivity contribution in [3.05, 3.63) is 59.7 Å². The first-order valence-corrected chi connectivity index (χ1v) is 11.7. The quantitative estimate of drug-likeness (QED) is 0.422. The monoisotopic (exact) mass is 475 g/mol. The van der Waals surface area contributed by atoms with E-state index in [4.69, 9.17) is 9.47 Å². The minimum Gasteiger partial charge on any atom is -0.497 e. The zero-order valence-corrected chi connectivity index (χ0v) is 19.2. The molecule has 2 aromatic rings. The van der Waals surface area contributed by atoms with Crippen LogP contribution >= 0.6 is 0 Å². The molecule has 33 heavy (non-hydrogen) atoms. The van der Waals surface area contributed by atoms with Gasteiger partial charge in [0.05, 0.1) is 30.6 Å². The summed E-state index contributed by atoms with van der Waals surface area (Å²) in [4.78, 5) is 36.6. The Bertz CT molecular complexity index is 1140. The Morgan fingerprint density at radius 1 is 1.00 bits per heavy atom. The summed E-state index contributed by atoms with van der Waals surface area (Å²) in [6.45, 7) is -0.236. The van der Waals surface area contributed by atoms with Gasteiger partial charge in [0.1, 0.15) is 5.75 Å². The molecule has 0 N–H and O–H groups in total. The summed E-state index contributed by atoms with van der Waals surface area (Å²) in [5.41, 5.74) is 0.324. The standard InChI is InChI=1S/C23H25NO8S/c1-30-18-7-5-6-17(14-18)20(25)15-32-22(26)16-10-12-24(13-11-16)33(28,29)21-9-4-3-8-19(21)23(27)31-2/h3-9,14,16H,10-13,15H2,1-2H3. The molecular weight excluding hydrogens is 450 g/mol. The number of piperidine rings is 1. The summed E-state index contributed by atoms with van der Waals surface area (Å²) in [5, 5.41) is 0. The molecule has 0 amide bonds. The fourth-order valence-corrected chi connectivity index (χ4v) is 5.23. The van der Waals surface area contributed by atoms with Crippen LogP contribution in [0, 0.1) is 5.92 Å². The Labute approximate surface area is 192 Å². The number of ketones is 1. The largest absolute Gasteiger partial charge is 0.497 e. The molecule has 1 aliphatic heterocycles. The van der Waals surface area contributed by atoms with Gasteiger partial charge >= 0.3 is 11.9 Å². The fraction of sp³-hybridized carbons (Fsp3) is 0.348. The number of sulfonamides is 1. The molecule has 176 valence electrons. The van der Waals surface area contributed by atoms with E-state index in [0.717, 1.165) is 0 Å². The van der Waals surface area contributed by atoms with E-state index in [2.05, 4.69) is 4.74 Å². The summed E-state index contributed by atoms with van der Waals surface area (Å²) in [6.07, 6.45) is 0.484. The van der Waals surface area contributed by atoms with Crippen LogP contribution in [0.15, 0.2) is 53.4 Å². The normalized spacial score (nSPS) is 15.0. The van der Waals surface area contributed by atoms with Gasteiger partial charge in [-0.2, -0.15) is 4.31 Å². The van der Waals surface area contributed by atoms with Gasteiger partial charge in [-0.05, 0) is 37.1 Å². The van der Waals surface area contributed by atoms with Gasteiger partial charge in [0, 0.05) is 18.7 Å². The summed E-state index contributed by atoms with van der Waals surface area (Å²) in [6, 6.07) is 12.4. The van der Waals surface area contributed by atoms with E-state index in [-0.39, 0.29) is 42.2 Å². The fourth-order valence-electron chi connectivity index (χ4n) is 3.58. The third-order valence-corrected chi connectivity index (χ3v) is 7.39. The van der Waals surface area contributed by atoms with E-state index in [1.54, 1.807) is 30.3 Å². The van der Waals surface area contributed by atoms with Gasteiger partial charge in [0.25, 0.3) is 0 Å². The Morgan fingerprint density at radius 3 is 2.36 bits per heavy atom. The third-order valence-electron chi connectivity index (χ3n) is 5.43. The lowest BCUT2D eigenvalue weighted by molar-refractivity contribution is -0.148. The summed E-state index contributed by atoms with van der Waals surface area (Å²) < 4.78 is 42.3. The highest BCUT2D eigenvalue weighted by Crippen LogP contribution is 2.27. The predicted octanol–water partition coefficient (Wildman–Crippen LogP) is 2.31. The van der Waals surface area contributed by atoms with Crippen LogP contribution in [-0.2, 0) is 24.3 Å². The van der Waals surface area contributed by atoms with Crippen LogP contribution < -0.4 is 4.74 Å². The summed E-state index contributed by atoms with van der Waals surface area (Å²) in [7, 11) is -1.28. The third kappa shape index (κ3) is 5.58. The van der Waals surface area contributed by atoms with Crippen LogP contribution in [0.4, 0.5) is 0 Å². The van der Waals surface area contributed by atoms with Crippen LogP contribution in [0.3, 0.4) is 0 Å². The molecule has 3 rings (SSSR count). The van der Waals surface area contributed by atoms with Gasteiger partial charge < -0.3 is 14.2 Å². The number of Topliss-reactive ketones (excluding diaryl/α,β-unsaturated/α-hetero) is 1. The molecule has 9 nitrogen and oxygen atoms in total. The number of carbonyl (C=O) groups is 3. The number of ether oxygens (including phenoxy) is 3. The molecule has 0 unspecified atom stereocenters. The molecule has 1 fully saturated rings. The zero-order valence-electron chi connectivity index (χ0n) is 18.4. The molecule has 0 spiro atoms. The molecule has 1 aliphatic rings. The van der Waals surface area contributed by atoms with Crippen molar-refractivity contribution in [3.63, 3.8) is 0 Å². The average Bonchev–Trinajstić information content (AvgIpc) is 2.86. The highest BCUT2D eigenvalue weighted by molar-refractivity contribution is 7.89. The molecule has 10 heteroatoms. The van der Waals surface area contributed by atoms with Gasteiger partial charge in [-0.3, -0.25) is 9.59 Å². The maximum Gasteiger partial charge on any atom is 0.339 e. The van der Waals surface area contributed by atoms with Crippen molar-refractivity contribution in [2.75, 3.05) is 33.9 Å². The number of benzene rings is 2. The molecule has 0 atom stereocenters. The van der Waals surface area contributed by atoms with Crippen molar-refractivity contribution in [2.24, 2.45) is 5.92 Å². The van der Waals surface area contributed by atoms with Gasteiger partial charge in [-0.1, -0.05) is 24.3 Å². The van der Waals surface area contributed by atoms with E-state index in [1.807, 2.05) is 0 Å². The lowest BCUT2D eigenvalue weighted by Crippen LogP contribution is -2.41. The lowest BCUT2D eigenvalue weighted by Gasteiger charge is -2.30. The van der Waals surface area contributed by atoms with E-state index in [9.17, 15) is 22.8 Å². The number of methoxy groups -OCH3 is 2. The summed E-state index contributed by atoms with van der Waals surface area (Å²) in [5.74, 6) is -1.65. The smallest absolute Gasteiger partial charge is 0.339 e. The number of esters is 2. The Kier molecular flexibility index (Phi) is 7.83. The van der Waals surface area contributed by atoms with Crippen molar-refractivity contribution >= 4 is 27.7 Å². The number of nitrogens with zero attached hydrogens (tertiary/aromatic N) is 1. The van der Waals surface area contributed by atoms with Crippen molar-refractivity contribution in [2.45, 2.75) is 17.7 Å². The number of hydrogen-bond donors (Lipinski definition) is 0. The Hall–Kier alpha value is -3.24. The van der Waals surface area contributed by atoms with Crippen LogP contribution in [0.25, 0.3) is 0 Å². The van der Waals surface area contributed by atoms with E-state index < -0.39 is 34.5 Å². The van der Waals surface area contributed by atoms with Crippen LogP contribution in [0.5, 0.6) is 5.75 Å². The highest BCUT2D eigenvalue weighted by Gasteiger charge is 2.35. The van der Waals surface area contributed by atoms with E-state index >= 15 is 0 Å². The zero-order chi connectivity index (χ0) is 24.0. The first-order valence-electron chi connectivity index (χ1n) is 10.3. The second kappa shape index (κ2) is 10.6. The van der Waals surface area contributed by atoms with E-state index in [1.165, 1.54) is 36.7 Å². The Morgan fingerprint density at radius 2 is 1.70 bits per heavy atom. The van der Waals surface area contributed by atoms with Crippen molar-refractivity contribution in [1.82, 2.24) is 4.31 Å². The highest BCUT2D eigenvalue weighted by atomic mass is 32.2. The molecule has 0 radical (unpaired) electrons. The van der Waals surface area contributed by atoms with Gasteiger partial charge in [0.2, 0.25) is 10.0 Å². The minimum atomic E-state index is -3.95. The topological polar surface area (TPSA) is 116 Å². The van der Waals surface area contributed by atoms with Gasteiger partial charge in [-0.25, -0.2) is 13.2 Å². The minimum absolute atomic E-state index is 0.0439. The molecule has 2 aromatic carbocycles. The number of hydrogen-bond acceptors (Lipinski definition) is 8. The number of carbonyl (C=O) groups excluding carboxylic acids is 3. The molecule has 0 aromatic heterocycles. The van der Waals surface area contributed by atoms with Gasteiger partial charge in [-0.15, -0.1) is 0 Å². The van der Waals surface area contributed by atoms with E-state index in [0.29, 0.717) is 11.3 Å². The molecule has 1 saturated heterocycles. The van der Waals surface area contributed by atoms with Crippen LogP contribution in [0.1, 0.15) is 33.6 Å². The average molecular weight is 476 g/mol. The molecule has 1 heterocycles. The number of rotatable bonds is 8. The maximum absolute atomic E-state index is 13.1. The SMILES string of the molecule is COC(=O)c1ccccc1S(=O)(=O)N1CCC(C(=O)OCC(=O)c2cccc(OC)c2)CC1. The second-order valence-corrected chi connectivity index (χ2v) is 9.34. The maximum atomic E-state index is 13.1. The second-order valence-electron chi connectivity index (χ2n) is 7.43. The van der Waals surface area contributed by atoms with Crippen LogP contribution in [-0.4, -0.2) is 64.4 Å². The molecular formula is C23H25NO8S. The van der Waals surface area contributed by atoms with Crippen molar-refractivity contribution in [3.8, 4) is 5.75 Å². The molecule has 0 saturated carbocycles. The Balaban J connectivity index is 1.59. The van der Waals surface area contributed by atoms with Crippen molar-refractivity contribution in [1.29, 1.82) is 0 Å². The molecule has 0 aliphatic carbocycles.